The van der Waals surface area contributed by atoms with Gasteiger partial charge in [0.2, 0.25) is 5.69 Å². The molecule has 2 aromatic heterocycles. The molecule has 0 aliphatic rings. The van der Waals surface area contributed by atoms with Crippen molar-refractivity contribution in [2.45, 2.75) is 0 Å². The van der Waals surface area contributed by atoms with Crippen molar-refractivity contribution < 1.29 is 25.0 Å². The van der Waals surface area contributed by atoms with Crippen LogP contribution >= 0.6 is 0 Å². The lowest BCUT2D eigenvalue weighted by molar-refractivity contribution is 0.0685. The average molecular weight is 329 g/mol. The summed E-state index contributed by atoms with van der Waals surface area (Å²) in [4.78, 5) is 31.0. The Morgan fingerprint density at radius 1 is 1.00 bits per heavy atom. The van der Waals surface area contributed by atoms with Crippen LogP contribution in [0, 0.1) is 6.57 Å². The summed E-state index contributed by atoms with van der Waals surface area (Å²) in [5.41, 5.74) is 5.77. The van der Waals surface area contributed by atoms with Crippen molar-refractivity contribution in [3.05, 3.63) is 65.0 Å². The maximum Gasteiger partial charge on any atom is 0.337 e. The molecule has 122 valence electrons. The maximum absolute atomic E-state index is 10.5. The standard InChI is InChI=1S/C7H7N3O3.C7H4N2O2/c8-6(10-13)4-1-5(7(11)12)3-9-2-4;1-8-6-2-5(7(10)11)3-9-4-6/h1-3,13H,(H2,8,10)(H,11,12);2-4H,(H,10,11). The van der Waals surface area contributed by atoms with Crippen molar-refractivity contribution in [1.29, 1.82) is 0 Å². The third-order valence-electron chi connectivity index (χ3n) is 2.49. The minimum Gasteiger partial charge on any atom is -0.478 e. The van der Waals surface area contributed by atoms with Gasteiger partial charge in [0.05, 0.1) is 17.7 Å². The monoisotopic (exact) mass is 329 g/mol. The van der Waals surface area contributed by atoms with E-state index in [0.717, 1.165) is 0 Å². The lowest BCUT2D eigenvalue weighted by Crippen LogP contribution is -2.14. The second-order valence-electron chi connectivity index (χ2n) is 4.10. The molecule has 0 radical (unpaired) electrons. The number of carboxylic acids is 2. The van der Waals surface area contributed by atoms with Crippen molar-refractivity contribution >= 4 is 23.5 Å². The number of aromatic nitrogens is 2. The average Bonchev–Trinajstić information content (AvgIpc) is 2.61. The Labute approximate surface area is 135 Å². The zero-order chi connectivity index (χ0) is 18.1. The van der Waals surface area contributed by atoms with Gasteiger partial charge in [0.15, 0.2) is 5.84 Å². The smallest absolute Gasteiger partial charge is 0.337 e. The first-order valence-electron chi connectivity index (χ1n) is 6.11. The van der Waals surface area contributed by atoms with Crippen molar-refractivity contribution in [3.8, 4) is 0 Å². The summed E-state index contributed by atoms with van der Waals surface area (Å²) in [6, 6.07) is 2.55. The Bertz CT molecular complexity index is 828. The van der Waals surface area contributed by atoms with E-state index >= 15 is 0 Å². The highest BCUT2D eigenvalue weighted by Gasteiger charge is 2.06. The zero-order valence-electron chi connectivity index (χ0n) is 12.0. The van der Waals surface area contributed by atoms with Crippen molar-refractivity contribution in [2.75, 3.05) is 0 Å². The van der Waals surface area contributed by atoms with Gasteiger partial charge in [0.25, 0.3) is 0 Å². The summed E-state index contributed by atoms with van der Waals surface area (Å²) in [5.74, 6) is -2.35. The summed E-state index contributed by atoms with van der Waals surface area (Å²) in [7, 11) is 0. The Morgan fingerprint density at radius 2 is 1.50 bits per heavy atom. The van der Waals surface area contributed by atoms with Gasteiger partial charge in [-0.05, 0) is 12.1 Å². The number of nitrogens with two attached hydrogens (primary N) is 1. The van der Waals surface area contributed by atoms with Gasteiger partial charge in [-0.2, -0.15) is 0 Å². The maximum atomic E-state index is 10.5. The van der Waals surface area contributed by atoms with Gasteiger partial charge < -0.3 is 21.2 Å². The lowest BCUT2D eigenvalue weighted by Gasteiger charge is -1.98. The summed E-state index contributed by atoms with van der Waals surface area (Å²) < 4.78 is 0. The first kappa shape index (κ1) is 18.1. The van der Waals surface area contributed by atoms with Crippen LogP contribution in [0.3, 0.4) is 0 Å². The normalized spacial score (nSPS) is 10.0. The molecule has 0 fully saturated rings. The molecule has 10 heteroatoms. The molecule has 0 bridgehead atoms. The van der Waals surface area contributed by atoms with Gasteiger partial charge in [0, 0.05) is 30.4 Å². The van der Waals surface area contributed by atoms with Crippen LogP contribution in [0.5, 0.6) is 0 Å². The predicted molar refractivity (Wildman–Crippen MR) is 81.2 cm³/mol. The Balaban J connectivity index is 0.000000243. The van der Waals surface area contributed by atoms with Crippen molar-refractivity contribution in [1.82, 2.24) is 9.97 Å². The van der Waals surface area contributed by atoms with Crippen LogP contribution in [-0.2, 0) is 0 Å². The minimum absolute atomic E-state index is 0.0101. The molecule has 0 atom stereocenters. The summed E-state index contributed by atoms with van der Waals surface area (Å²) >= 11 is 0. The molecular weight excluding hydrogens is 318 g/mol. The molecule has 0 aromatic carbocycles. The zero-order valence-corrected chi connectivity index (χ0v) is 12.0. The van der Waals surface area contributed by atoms with Crippen LogP contribution in [-0.4, -0.2) is 43.2 Å². The fraction of sp³-hybridized carbons (Fsp3) is 0. The van der Waals surface area contributed by atoms with Crippen molar-refractivity contribution in [2.24, 2.45) is 10.9 Å². The highest BCUT2D eigenvalue weighted by Crippen LogP contribution is 2.10. The number of carboxylic acid groups (broad SMARTS) is 2. The van der Waals surface area contributed by atoms with Gasteiger partial charge in [-0.1, -0.05) is 5.16 Å². The number of hydrogen-bond donors (Lipinski definition) is 4. The molecule has 2 aromatic rings. The number of carbonyl (C=O) groups is 2. The van der Waals surface area contributed by atoms with E-state index in [0.29, 0.717) is 0 Å². The van der Waals surface area contributed by atoms with E-state index in [1.807, 2.05) is 0 Å². The van der Waals surface area contributed by atoms with Crippen LogP contribution in [0.2, 0.25) is 0 Å². The molecule has 5 N–H and O–H groups in total. The summed E-state index contributed by atoms with van der Waals surface area (Å²) in [5, 5.41) is 28.1. The largest absolute Gasteiger partial charge is 0.478 e. The minimum atomic E-state index is -1.11. The van der Waals surface area contributed by atoms with Gasteiger partial charge >= 0.3 is 11.9 Å². The topological polar surface area (TPSA) is 163 Å². The highest BCUT2D eigenvalue weighted by atomic mass is 16.4. The quantitative estimate of drug-likeness (QED) is 0.214. The van der Waals surface area contributed by atoms with Crippen LogP contribution in [0.1, 0.15) is 26.3 Å². The lowest BCUT2D eigenvalue weighted by atomic mass is 10.2. The van der Waals surface area contributed by atoms with Crippen LogP contribution in [0.4, 0.5) is 5.69 Å². The Kier molecular flexibility index (Phi) is 6.35. The van der Waals surface area contributed by atoms with E-state index in [1.165, 1.54) is 36.9 Å². The third kappa shape index (κ3) is 5.08. The molecule has 0 aliphatic carbocycles. The van der Waals surface area contributed by atoms with Gasteiger partial charge in [-0.15, -0.1) is 0 Å². The third-order valence-corrected chi connectivity index (χ3v) is 2.49. The van der Waals surface area contributed by atoms with E-state index in [9.17, 15) is 9.59 Å². The Morgan fingerprint density at radius 3 is 2.00 bits per heavy atom. The number of nitrogens with zero attached hydrogens (tertiary/aromatic N) is 4. The van der Waals surface area contributed by atoms with E-state index < -0.39 is 11.9 Å². The molecule has 0 amide bonds. The summed E-state index contributed by atoms with van der Waals surface area (Å²) in [6.45, 7) is 6.57. The van der Waals surface area contributed by atoms with E-state index in [1.54, 1.807) is 0 Å². The molecule has 0 saturated heterocycles. The number of hydrogen-bond acceptors (Lipinski definition) is 6. The number of amidine groups is 1. The molecule has 0 saturated carbocycles. The van der Waals surface area contributed by atoms with E-state index in [2.05, 4.69) is 20.0 Å². The van der Waals surface area contributed by atoms with Gasteiger partial charge in [-0.25, -0.2) is 14.4 Å². The molecule has 2 rings (SSSR count). The second-order valence-corrected chi connectivity index (χ2v) is 4.10. The number of pyridine rings is 2. The number of rotatable bonds is 3. The number of aromatic carboxylic acids is 2. The van der Waals surface area contributed by atoms with Crippen LogP contribution in [0.15, 0.2) is 42.1 Å². The SMILES string of the molecule is N/C(=N\O)c1cncc(C(=O)O)c1.[C-]#[N+]c1cncc(C(=O)O)c1. The van der Waals surface area contributed by atoms with Gasteiger partial charge in [-0.3, -0.25) is 9.97 Å². The first-order valence-corrected chi connectivity index (χ1v) is 6.11. The molecule has 0 unspecified atom stereocenters. The molecule has 0 aliphatic heterocycles. The molecule has 0 spiro atoms. The molecule has 2 heterocycles. The number of oxime groups is 1. The summed E-state index contributed by atoms with van der Waals surface area (Å²) in [6.07, 6.45) is 5.01. The van der Waals surface area contributed by atoms with Crippen LogP contribution < -0.4 is 5.73 Å². The predicted octanol–water partition coefficient (Wildman–Crippen LogP) is 1.20. The molecule has 24 heavy (non-hydrogen) atoms. The Hall–Kier alpha value is -4.00. The van der Waals surface area contributed by atoms with Crippen LogP contribution in [0.25, 0.3) is 4.85 Å². The first-order chi connectivity index (χ1) is 11.4. The van der Waals surface area contributed by atoms with E-state index in [4.69, 9.17) is 27.7 Å². The molecular formula is C14H11N5O5. The second kappa shape index (κ2) is 8.44. The fourth-order valence-electron chi connectivity index (χ4n) is 1.36. The van der Waals surface area contributed by atoms with E-state index in [-0.39, 0.29) is 28.2 Å². The van der Waals surface area contributed by atoms with Crippen molar-refractivity contribution in [3.63, 3.8) is 0 Å². The van der Waals surface area contributed by atoms with Gasteiger partial charge in [0.1, 0.15) is 0 Å². The fourth-order valence-corrected chi connectivity index (χ4v) is 1.36. The molecule has 10 nitrogen and oxygen atoms in total. The highest BCUT2D eigenvalue weighted by molar-refractivity contribution is 5.99.